The van der Waals surface area contributed by atoms with Gasteiger partial charge in [-0.25, -0.2) is 4.98 Å². The Hall–Kier alpha value is -3.48. The summed E-state index contributed by atoms with van der Waals surface area (Å²) >= 11 is 0. The van der Waals surface area contributed by atoms with Crippen molar-refractivity contribution in [1.82, 2.24) is 24.8 Å². The summed E-state index contributed by atoms with van der Waals surface area (Å²) in [6.07, 6.45) is 6.68. The number of carbonyl (C=O) groups is 1. The number of nitrogens with zero attached hydrogens (tertiary/aromatic N) is 5. The number of hydrogen-bond acceptors (Lipinski definition) is 5. The van der Waals surface area contributed by atoms with Crippen LogP contribution in [0.1, 0.15) is 46.9 Å². The quantitative estimate of drug-likeness (QED) is 0.512. The summed E-state index contributed by atoms with van der Waals surface area (Å²) in [6, 6.07) is 12.2. The van der Waals surface area contributed by atoms with Crippen molar-refractivity contribution < 1.29 is 9.32 Å². The monoisotopic (exact) mass is 401 g/mol. The predicted molar refractivity (Wildman–Crippen MR) is 113 cm³/mol. The molecule has 1 atom stereocenters. The van der Waals surface area contributed by atoms with Crippen LogP contribution >= 0.6 is 0 Å². The smallest absolute Gasteiger partial charge is 0.259 e. The van der Waals surface area contributed by atoms with Crippen molar-refractivity contribution in [2.75, 3.05) is 6.54 Å². The van der Waals surface area contributed by atoms with E-state index in [9.17, 15) is 4.79 Å². The van der Waals surface area contributed by atoms with Gasteiger partial charge in [-0.1, -0.05) is 35.5 Å². The molecule has 5 rings (SSSR count). The molecule has 3 aromatic heterocycles. The lowest BCUT2D eigenvalue weighted by Crippen LogP contribution is -2.38. The minimum absolute atomic E-state index is 0.00704. The summed E-state index contributed by atoms with van der Waals surface area (Å²) in [5.41, 5.74) is 4.30. The first-order chi connectivity index (χ1) is 14.6. The summed E-state index contributed by atoms with van der Waals surface area (Å²) < 4.78 is 7.16. The lowest BCUT2D eigenvalue weighted by atomic mass is 9.94. The van der Waals surface area contributed by atoms with Crippen molar-refractivity contribution in [3.63, 3.8) is 0 Å². The average Bonchev–Trinajstić information content (AvgIpc) is 3.39. The van der Waals surface area contributed by atoms with Crippen LogP contribution < -0.4 is 0 Å². The van der Waals surface area contributed by atoms with Crippen LogP contribution in [0.3, 0.4) is 0 Å². The van der Waals surface area contributed by atoms with Crippen LogP contribution in [0.2, 0.25) is 0 Å². The molecule has 1 aliphatic rings. The van der Waals surface area contributed by atoms with Crippen molar-refractivity contribution in [1.29, 1.82) is 0 Å². The largest absolute Gasteiger partial charge is 0.335 e. The molecule has 0 saturated carbocycles. The number of benzene rings is 1. The highest BCUT2D eigenvalue weighted by Crippen LogP contribution is 2.34. The van der Waals surface area contributed by atoms with E-state index in [2.05, 4.69) is 27.4 Å². The zero-order valence-corrected chi connectivity index (χ0v) is 17.1. The van der Waals surface area contributed by atoms with Crippen LogP contribution in [0.5, 0.6) is 0 Å². The van der Waals surface area contributed by atoms with Gasteiger partial charge in [0.15, 0.2) is 0 Å². The van der Waals surface area contributed by atoms with E-state index in [1.165, 1.54) is 5.56 Å². The van der Waals surface area contributed by atoms with E-state index in [4.69, 9.17) is 4.52 Å². The van der Waals surface area contributed by atoms with Crippen LogP contribution in [0.15, 0.2) is 53.3 Å². The third kappa shape index (κ3) is 3.16. The predicted octanol–water partition coefficient (Wildman–Crippen LogP) is 4.30. The fraction of sp³-hybridized carbons (Fsp3) is 0.304. The van der Waals surface area contributed by atoms with Crippen molar-refractivity contribution in [2.24, 2.45) is 7.05 Å². The first kappa shape index (κ1) is 18.5. The summed E-state index contributed by atoms with van der Waals surface area (Å²) in [4.78, 5) is 20.4. The molecule has 0 radical (unpaired) electrons. The van der Waals surface area contributed by atoms with E-state index < -0.39 is 0 Å². The van der Waals surface area contributed by atoms with Crippen LogP contribution in [0.4, 0.5) is 0 Å². The fourth-order valence-corrected chi connectivity index (χ4v) is 4.32. The molecule has 1 fully saturated rings. The molecule has 1 aliphatic heterocycles. The van der Waals surface area contributed by atoms with E-state index in [0.717, 1.165) is 31.4 Å². The minimum Gasteiger partial charge on any atom is -0.335 e. The Morgan fingerprint density at radius 3 is 2.80 bits per heavy atom. The number of likely N-dealkylation sites (tertiary alicyclic amines) is 1. The van der Waals surface area contributed by atoms with Gasteiger partial charge in [-0.2, -0.15) is 5.10 Å². The Labute approximate surface area is 174 Å². The first-order valence-corrected chi connectivity index (χ1v) is 10.2. The van der Waals surface area contributed by atoms with Gasteiger partial charge in [0.25, 0.3) is 11.6 Å². The van der Waals surface area contributed by atoms with E-state index in [0.29, 0.717) is 28.1 Å². The first-order valence-electron chi connectivity index (χ1n) is 10.2. The maximum atomic E-state index is 13.8. The minimum atomic E-state index is -0.00704. The molecular formula is C23H23N5O2. The molecule has 1 saturated heterocycles. The highest BCUT2D eigenvalue weighted by molar-refractivity contribution is 6.07. The molecule has 152 valence electrons. The topological polar surface area (TPSA) is 77.0 Å². The Bertz CT molecular complexity index is 1210. The van der Waals surface area contributed by atoms with E-state index in [-0.39, 0.29) is 11.9 Å². The summed E-state index contributed by atoms with van der Waals surface area (Å²) in [5, 5.41) is 8.99. The molecule has 7 nitrogen and oxygen atoms in total. The second-order valence-corrected chi connectivity index (χ2v) is 7.83. The van der Waals surface area contributed by atoms with Gasteiger partial charge in [0.1, 0.15) is 0 Å². The number of pyridine rings is 1. The summed E-state index contributed by atoms with van der Waals surface area (Å²) in [5.74, 6) is -0.00704. The van der Waals surface area contributed by atoms with E-state index >= 15 is 0 Å². The van der Waals surface area contributed by atoms with Gasteiger partial charge in [0.2, 0.25) is 0 Å². The zero-order valence-electron chi connectivity index (χ0n) is 17.1. The van der Waals surface area contributed by atoms with Crippen molar-refractivity contribution in [2.45, 2.75) is 32.2 Å². The maximum absolute atomic E-state index is 13.8. The third-order valence-electron chi connectivity index (χ3n) is 5.80. The van der Waals surface area contributed by atoms with Gasteiger partial charge >= 0.3 is 0 Å². The van der Waals surface area contributed by atoms with Crippen LogP contribution in [0, 0.1) is 6.92 Å². The number of piperidine rings is 1. The Morgan fingerprint density at radius 2 is 2.03 bits per heavy atom. The highest BCUT2D eigenvalue weighted by Gasteiger charge is 2.31. The van der Waals surface area contributed by atoms with E-state index in [1.54, 1.807) is 10.9 Å². The van der Waals surface area contributed by atoms with Crippen molar-refractivity contribution in [3.05, 3.63) is 65.6 Å². The zero-order chi connectivity index (χ0) is 20.7. The van der Waals surface area contributed by atoms with Gasteiger partial charge in [0, 0.05) is 25.4 Å². The number of aromatic nitrogens is 4. The highest BCUT2D eigenvalue weighted by atomic mass is 16.5. The fourth-order valence-electron chi connectivity index (χ4n) is 4.32. The van der Waals surface area contributed by atoms with Crippen LogP contribution in [-0.2, 0) is 7.05 Å². The Kier molecular flexibility index (Phi) is 4.58. The van der Waals surface area contributed by atoms with Crippen molar-refractivity contribution in [3.8, 4) is 11.3 Å². The molecule has 30 heavy (non-hydrogen) atoms. The van der Waals surface area contributed by atoms with Gasteiger partial charge in [-0.05, 0) is 37.8 Å². The van der Waals surface area contributed by atoms with Crippen LogP contribution in [-0.4, -0.2) is 37.3 Å². The lowest BCUT2D eigenvalue weighted by molar-refractivity contribution is 0.0613. The SMILES string of the molecule is Cc1noc2nc(-c3cnn(C)c3)cc(C(=O)N3CCCC[C@H]3c3ccccc3)c12. The number of carbonyl (C=O) groups excluding carboxylic acids is 1. The number of rotatable bonds is 3. The second kappa shape index (κ2) is 7.40. The molecule has 1 amide bonds. The molecule has 7 heteroatoms. The molecule has 0 aliphatic carbocycles. The molecule has 0 unspecified atom stereocenters. The van der Waals surface area contributed by atoms with Gasteiger partial charge in [-0.15, -0.1) is 0 Å². The molecule has 0 N–H and O–H groups in total. The van der Waals surface area contributed by atoms with Crippen LogP contribution in [0.25, 0.3) is 22.4 Å². The molecule has 4 aromatic rings. The lowest BCUT2D eigenvalue weighted by Gasteiger charge is -2.36. The molecular weight excluding hydrogens is 378 g/mol. The Morgan fingerprint density at radius 1 is 1.20 bits per heavy atom. The molecule has 0 spiro atoms. The number of fused-ring (bicyclic) bond motifs is 1. The number of aryl methyl sites for hydroxylation is 2. The maximum Gasteiger partial charge on any atom is 0.259 e. The van der Waals surface area contributed by atoms with Gasteiger partial charge in [0.05, 0.1) is 34.6 Å². The summed E-state index contributed by atoms with van der Waals surface area (Å²) in [7, 11) is 1.85. The number of amides is 1. The van der Waals surface area contributed by atoms with E-state index in [1.807, 2.05) is 49.3 Å². The molecule has 4 heterocycles. The summed E-state index contributed by atoms with van der Waals surface area (Å²) in [6.45, 7) is 2.58. The standard InChI is InChI=1S/C23H23N5O2/c1-15-21-18(12-19(25-22(21)30-26-15)17-13-24-27(2)14-17)23(29)28-11-7-6-10-20(28)16-8-4-3-5-9-16/h3-5,8-9,12-14,20H,6-7,10-11H2,1-2H3/t20-/m0/s1. The van der Waals surface area contributed by atoms with Crippen molar-refractivity contribution >= 4 is 17.0 Å². The Balaban J connectivity index is 1.62. The normalized spacial score (nSPS) is 16.9. The van der Waals surface area contributed by atoms with Gasteiger partial charge < -0.3 is 9.42 Å². The average molecular weight is 401 g/mol. The third-order valence-corrected chi connectivity index (χ3v) is 5.80. The van der Waals surface area contributed by atoms with Gasteiger partial charge in [-0.3, -0.25) is 9.48 Å². The molecule has 1 aromatic carbocycles. The second-order valence-electron chi connectivity index (χ2n) is 7.83. The number of hydrogen-bond donors (Lipinski definition) is 0. The molecule has 0 bridgehead atoms.